The Morgan fingerprint density at radius 2 is 1.87 bits per heavy atom. The second-order valence-electron chi connectivity index (χ2n) is 5.14. The Morgan fingerprint density at radius 3 is 2.53 bits per heavy atom. The van der Waals surface area contributed by atoms with Gasteiger partial charge in [0.05, 0.1) is 0 Å². The third-order valence-corrected chi connectivity index (χ3v) is 3.64. The molecule has 2 rings (SSSR count). The van der Waals surface area contributed by atoms with E-state index in [1.807, 2.05) is 0 Å². The standard InChI is InChI=1S/C12H24N2O/c1-14(10-12-2-5-13-8-12)9-11-3-6-15-7-4-11/h11-13H,2-10H2,1H3/t12-/m0/s1. The van der Waals surface area contributed by atoms with Crippen molar-refractivity contribution < 1.29 is 4.74 Å². The van der Waals surface area contributed by atoms with Crippen molar-refractivity contribution in [3.8, 4) is 0 Å². The van der Waals surface area contributed by atoms with Crippen LogP contribution in [0.15, 0.2) is 0 Å². The van der Waals surface area contributed by atoms with Gasteiger partial charge in [-0.2, -0.15) is 0 Å². The maximum Gasteiger partial charge on any atom is 0.0469 e. The highest BCUT2D eigenvalue weighted by atomic mass is 16.5. The SMILES string of the molecule is CN(CC1CCOCC1)C[C@H]1CCNC1. The molecule has 0 unspecified atom stereocenters. The molecule has 0 aromatic carbocycles. The molecule has 15 heavy (non-hydrogen) atoms. The minimum Gasteiger partial charge on any atom is -0.381 e. The highest BCUT2D eigenvalue weighted by Gasteiger charge is 2.19. The van der Waals surface area contributed by atoms with Crippen LogP contribution < -0.4 is 5.32 Å². The predicted octanol–water partition coefficient (Wildman–Crippen LogP) is 0.954. The van der Waals surface area contributed by atoms with Crippen molar-refractivity contribution in [1.82, 2.24) is 10.2 Å². The molecular formula is C12H24N2O. The summed E-state index contributed by atoms with van der Waals surface area (Å²) >= 11 is 0. The van der Waals surface area contributed by atoms with Crippen molar-refractivity contribution in [3.63, 3.8) is 0 Å². The lowest BCUT2D eigenvalue weighted by Gasteiger charge is -2.28. The van der Waals surface area contributed by atoms with E-state index in [-0.39, 0.29) is 0 Å². The molecule has 2 saturated heterocycles. The first-order valence-corrected chi connectivity index (χ1v) is 6.31. The number of hydrogen-bond donors (Lipinski definition) is 1. The Balaban J connectivity index is 1.64. The number of rotatable bonds is 4. The second kappa shape index (κ2) is 5.83. The molecule has 0 bridgehead atoms. The summed E-state index contributed by atoms with van der Waals surface area (Å²) < 4.78 is 5.39. The molecule has 3 nitrogen and oxygen atoms in total. The van der Waals surface area contributed by atoms with E-state index in [0.29, 0.717) is 0 Å². The van der Waals surface area contributed by atoms with Crippen LogP contribution in [0, 0.1) is 11.8 Å². The lowest BCUT2D eigenvalue weighted by atomic mass is 9.99. The molecule has 1 atom stereocenters. The van der Waals surface area contributed by atoms with Crippen LogP contribution in [0.4, 0.5) is 0 Å². The maximum atomic E-state index is 5.39. The van der Waals surface area contributed by atoms with Gasteiger partial charge in [-0.05, 0) is 51.2 Å². The lowest BCUT2D eigenvalue weighted by Crippen LogP contribution is -2.33. The van der Waals surface area contributed by atoms with Gasteiger partial charge in [0.2, 0.25) is 0 Å². The number of nitrogens with zero attached hydrogens (tertiary/aromatic N) is 1. The normalized spacial score (nSPS) is 28.8. The van der Waals surface area contributed by atoms with Gasteiger partial charge in [-0.3, -0.25) is 0 Å². The molecule has 2 aliphatic rings. The van der Waals surface area contributed by atoms with Gasteiger partial charge < -0.3 is 15.0 Å². The van der Waals surface area contributed by atoms with Gasteiger partial charge in [0, 0.05) is 26.3 Å². The Kier molecular flexibility index (Phi) is 4.42. The van der Waals surface area contributed by atoms with E-state index in [0.717, 1.165) is 25.0 Å². The molecule has 2 heterocycles. The molecule has 1 N–H and O–H groups in total. The smallest absolute Gasteiger partial charge is 0.0469 e. The first kappa shape index (κ1) is 11.4. The van der Waals surface area contributed by atoms with E-state index in [2.05, 4.69) is 17.3 Å². The monoisotopic (exact) mass is 212 g/mol. The van der Waals surface area contributed by atoms with Crippen molar-refractivity contribution >= 4 is 0 Å². The third-order valence-electron chi connectivity index (χ3n) is 3.64. The Bertz CT molecular complexity index is 174. The van der Waals surface area contributed by atoms with E-state index < -0.39 is 0 Å². The molecule has 0 saturated carbocycles. The van der Waals surface area contributed by atoms with Crippen molar-refractivity contribution in [1.29, 1.82) is 0 Å². The van der Waals surface area contributed by atoms with Crippen LogP contribution >= 0.6 is 0 Å². The van der Waals surface area contributed by atoms with Crippen LogP contribution in [-0.2, 0) is 4.74 Å². The van der Waals surface area contributed by atoms with Crippen molar-refractivity contribution in [2.45, 2.75) is 19.3 Å². The molecule has 2 aliphatic heterocycles. The molecule has 2 fully saturated rings. The topological polar surface area (TPSA) is 24.5 Å². The summed E-state index contributed by atoms with van der Waals surface area (Å²) in [6.45, 7) is 6.92. The van der Waals surface area contributed by atoms with Crippen LogP contribution in [0.1, 0.15) is 19.3 Å². The Morgan fingerprint density at radius 1 is 1.13 bits per heavy atom. The van der Waals surface area contributed by atoms with Gasteiger partial charge in [-0.25, -0.2) is 0 Å². The van der Waals surface area contributed by atoms with Crippen LogP contribution in [0.25, 0.3) is 0 Å². The van der Waals surface area contributed by atoms with Crippen molar-refractivity contribution in [3.05, 3.63) is 0 Å². The summed E-state index contributed by atoms with van der Waals surface area (Å²) in [5, 5.41) is 3.43. The first-order chi connectivity index (χ1) is 7.34. The summed E-state index contributed by atoms with van der Waals surface area (Å²) in [7, 11) is 2.27. The van der Waals surface area contributed by atoms with Gasteiger partial charge in [-0.1, -0.05) is 0 Å². The predicted molar refractivity (Wildman–Crippen MR) is 62.0 cm³/mol. The maximum absolute atomic E-state index is 5.39. The Hall–Kier alpha value is -0.120. The molecule has 0 aliphatic carbocycles. The summed E-state index contributed by atoms with van der Waals surface area (Å²) in [4.78, 5) is 2.52. The second-order valence-corrected chi connectivity index (χ2v) is 5.14. The fraction of sp³-hybridized carbons (Fsp3) is 1.00. The molecule has 0 aromatic heterocycles. The quantitative estimate of drug-likeness (QED) is 0.751. The van der Waals surface area contributed by atoms with E-state index in [4.69, 9.17) is 4.74 Å². The fourth-order valence-electron chi connectivity index (χ4n) is 2.76. The Labute approximate surface area is 93.2 Å². The number of nitrogens with one attached hydrogen (secondary N) is 1. The van der Waals surface area contributed by atoms with Gasteiger partial charge in [-0.15, -0.1) is 0 Å². The largest absolute Gasteiger partial charge is 0.381 e. The molecule has 0 spiro atoms. The van der Waals surface area contributed by atoms with E-state index in [9.17, 15) is 0 Å². The lowest BCUT2D eigenvalue weighted by molar-refractivity contribution is 0.0543. The van der Waals surface area contributed by atoms with Gasteiger partial charge in [0.1, 0.15) is 0 Å². The number of hydrogen-bond acceptors (Lipinski definition) is 3. The van der Waals surface area contributed by atoms with E-state index in [1.54, 1.807) is 0 Å². The van der Waals surface area contributed by atoms with E-state index in [1.165, 1.54) is 45.4 Å². The molecule has 3 heteroatoms. The minimum atomic E-state index is 0.873. The summed E-state index contributed by atoms with van der Waals surface area (Å²) in [6.07, 6.45) is 3.87. The average Bonchev–Trinajstić information content (AvgIpc) is 2.71. The highest BCUT2D eigenvalue weighted by Crippen LogP contribution is 2.17. The fourth-order valence-corrected chi connectivity index (χ4v) is 2.76. The van der Waals surface area contributed by atoms with E-state index >= 15 is 0 Å². The number of ether oxygens (including phenoxy) is 1. The summed E-state index contributed by atoms with van der Waals surface area (Å²) in [6, 6.07) is 0. The van der Waals surface area contributed by atoms with Crippen molar-refractivity contribution in [2.75, 3.05) is 46.4 Å². The molecular weight excluding hydrogens is 188 g/mol. The van der Waals surface area contributed by atoms with Crippen LogP contribution in [-0.4, -0.2) is 51.3 Å². The molecule has 88 valence electrons. The zero-order valence-electron chi connectivity index (χ0n) is 9.87. The van der Waals surface area contributed by atoms with Crippen LogP contribution in [0.5, 0.6) is 0 Å². The third kappa shape index (κ3) is 3.74. The van der Waals surface area contributed by atoms with Gasteiger partial charge >= 0.3 is 0 Å². The zero-order valence-corrected chi connectivity index (χ0v) is 9.87. The summed E-state index contributed by atoms with van der Waals surface area (Å²) in [5.74, 6) is 1.76. The molecule has 0 aromatic rings. The average molecular weight is 212 g/mol. The van der Waals surface area contributed by atoms with Gasteiger partial charge in [0.25, 0.3) is 0 Å². The molecule has 0 radical (unpaired) electrons. The van der Waals surface area contributed by atoms with Gasteiger partial charge in [0.15, 0.2) is 0 Å². The van der Waals surface area contributed by atoms with Crippen molar-refractivity contribution in [2.24, 2.45) is 11.8 Å². The first-order valence-electron chi connectivity index (χ1n) is 6.31. The molecule has 0 amide bonds. The summed E-state index contributed by atoms with van der Waals surface area (Å²) in [5.41, 5.74) is 0. The van der Waals surface area contributed by atoms with Crippen LogP contribution in [0.3, 0.4) is 0 Å². The minimum absolute atomic E-state index is 0.873. The van der Waals surface area contributed by atoms with Crippen LogP contribution in [0.2, 0.25) is 0 Å². The zero-order chi connectivity index (χ0) is 10.5. The highest BCUT2D eigenvalue weighted by molar-refractivity contribution is 4.75.